The maximum atomic E-state index is 14.0. The second-order valence-corrected chi connectivity index (χ2v) is 7.16. The van der Waals surface area contributed by atoms with Gasteiger partial charge in [-0.25, -0.2) is 4.39 Å². The number of benzene rings is 1. The second-order valence-electron chi connectivity index (χ2n) is 7.16. The van der Waals surface area contributed by atoms with Crippen LogP contribution in [0.4, 0.5) is 4.39 Å². The van der Waals surface area contributed by atoms with Gasteiger partial charge in [0.05, 0.1) is 5.60 Å². The van der Waals surface area contributed by atoms with Crippen molar-refractivity contribution in [1.82, 2.24) is 0 Å². The summed E-state index contributed by atoms with van der Waals surface area (Å²) in [5, 5.41) is 10.8. The van der Waals surface area contributed by atoms with Gasteiger partial charge in [0.1, 0.15) is 5.82 Å². The van der Waals surface area contributed by atoms with Gasteiger partial charge in [-0.2, -0.15) is 0 Å². The average molecular weight is 264 g/mol. The Bertz CT molecular complexity index is 451. The lowest BCUT2D eigenvalue weighted by atomic mass is 9.67. The van der Waals surface area contributed by atoms with Gasteiger partial charge in [-0.1, -0.05) is 38.5 Å². The van der Waals surface area contributed by atoms with Crippen molar-refractivity contribution in [2.24, 2.45) is 11.3 Å². The largest absolute Gasteiger partial charge is 0.385 e. The van der Waals surface area contributed by atoms with Gasteiger partial charge in [0.15, 0.2) is 0 Å². The monoisotopic (exact) mass is 264 g/mol. The summed E-state index contributed by atoms with van der Waals surface area (Å²) in [5.41, 5.74) is 0.785. The van der Waals surface area contributed by atoms with Crippen molar-refractivity contribution in [3.8, 4) is 0 Å². The smallest absolute Gasteiger partial charge is 0.129 e. The quantitative estimate of drug-likeness (QED) is 0.788. The normalized spacial score (nSPS) is 28.4. The van der Waals surface area contributed by atoms with E-state index in [2.05, 4.69) is 20.8 Å². The standard InChI is InChI=1S/C17H25FO/c1-12-5-6-15(18)14(11-12)17(19)9-7-13(8-10-17)16(2,3)4/h5-6,11,13,19H,7-10H2,1-4H3. The van der Waals surface area contributed by atoms with Gasteiger partial charge in [-0.3, -0.25) is 0 Å². The Morgan fingerprint density at radius 1 is 1.21 bits per heavy atom. The summed E-state index contributed by atoms with van der Waals surface area (Å²) in [6.07, 6.45) is 3.26. The molecule has 0 heterocycles. The Labute approximate surface area is 115 Å². The van der Waals surface area contributed by atoms with Gasteiger partial charge in [0.2, 0.25) is 0 Å². The molecule has 19 heavy (non-hydrogen) atoms. The Balaban J connectivity index is 2.20. The third-order valence-electron chi connectivity index (χ3n) is 4.66. The summed E-state index contributed by atoms with van der Waals surface area (Å²) in [6.45, 7) is 8.67. The number of hydrogen-bond acceptors (Lipinski definition) is 1. The highest BCUT2D eigenvalue weighted by molar-refractivity contribution is 5.29. The lowest BCUT2D eigenvalue weighted by Crippen LogP contribution is -2.36. The summed E-state index contributed by atoms with van der Waals surface area (Å²) >= 11 is 0. The van der Waals surface area contributed by atoms with Crippen molar-refractivity contribution < 1.29 is 9.50 Å². The van der Waals surface area contributed by atoms with Crippen LogP contribution < -0.4 is 0 Å². The molecule has 0 spiro atoms. The topological polar surface area (TPSA) is 20.2 Å². The molecule has 0 radical (unpaired) electrons. The number of hydrogen-bond donors (Lipinski definition) is 1. The van der Waals surface area contributed by atoms with Gasteiger partial charge < -0.3 is 5.11 Å². The van der Waals surface area contributed by atoms with Crippen molar-refractivity contribution in [3.63, 3.8) is 0 Å². The van der Waals surface area contributed by atoms with Crippen LogP contribution in [0.1, 0.15) is 57.6 Å². The number of rotatable bonds is 1. The van der Waals surface area contributed by atoms with Gasteiger partial charge >= 0.3 is 0 Å². The van der Waals surface area contributed by atoms with Crippen LogP contribution >= 0.6 is 0 Å². The van der Waals surface area contributed by atoms with E-state index in [4.69, 9.17) is 0 Å². The zero-order chi connectivity index (χ0) is 14.3. The summed E-state index contributed by atoms with van der Waals surface area (Å²) < 4.78 is 14.0. The molecule has 2 heteroatoms. The van der Waals surface area contributed by atoms with E-state index in [0.717, 1.165) is 18.4 Å². The SMILES string of the molecule is Cc1ccc(F)c(C2(O)CCC(C(C)(C)C)CC2)c1. The molecule has 0 saturated heterocycles. The first-order valence-electron chi connectivity index (χ1n) is 7.21. The third-order valence-corrected chi connectivity index (χ3v) is 4.66. The van der Waals surface area contributed by atoms with Crippen LogP contribution in [0.5, 0.6) is 0 Å². The first-order chi connectivity index (χ1) is 8.72. The fourth-order valence-electron chi connectivity index (χ4n) is 3.23. The zero-order valence-electron chi connectivity index (χ0n) is 12.5. The Kier molecular flexibility index (Phi) is 3.74. The van der Waals surface area contributed by atoms with Gasteiger partial charge in [0.25, 0.3) is 0 Å². The highest BCUT2D eigenvalue weighted by Crippen LogP contribution is 2.46. The van der Waals surface area contributed by atoms with Gasteiger partial charge in [0, 0.05) is 5.56 Å². The van der Waals surface area contributed by atoms with Crippen LogP contribution in [-0.2, 0) is 5.60 Å². The lowest BCUT2D eigenvalue weighted by Gasteiger charge is -2.41. The predicted molar refractivity (Wildman–Crippen MR) is 76.4 cm³/mol. The molecule has 1 N–H and O–H groups in total. The maximum Gasteiger partial charge on any atom is 0.129 e. The van der Waals surface area contributed by atoms with Crippen LogP contribution in [0.15, 0.2) is 18.2 Å². The van der Waals surface area contributed by atoms with Crippen LogP contribution in [0.25, 0.3) is 0 Å². The first kappa shape index (κ1) is 14.5. The van der Waals surface area contributed by atoms with Gasteiger partial charge in [-0.05, 0) is 50.0 Å². The second kappa shape index (κ2) is 4.90. The van der Waals surface area contributed by atoms with E-state index in [-0.39, 0.29) is 11.2 Å². The maximum absolute atomic E-state index is 14.0. The molecule has 0 amide bonds. The van der Waals surface area contributed by atoms with E-state index < -0.39 is 5.60 Å². The molecule has 0 atom stereocenters. The van der Waals surface area contributed by atoms with Crippen LogP contribution in [-0.4, -0.2) is 5.11 Å². The van der Waals surface area contributed by atoms with E-state index in [1.54, 1.807) is 12.1 Å². The highest BCUT2D eigenvalue weighted by Gasteiger charge is 2.39. The van der Waals surface area contributed by atoms with E-state index in [1.165, 1.54) is 6.07 Å². The van der Waals surface area contributed by atoms with Crippen molar-refractivity contribution >= 4 is 0 Å². The van der Waals surface area contributed by atoms with E-state index in [0.29, 0.717) is 24.3 Å². The molecule has 1 aromatic carbocycles. The average Bonchev–Trinajstić information content (AvgIpc) is 2.31. The molecule has 1 nitrogen and oxygen atoms in total. The molecule has 0 aromatic heterocycles. The zero-order valence-corrected chi connectivity index (χ0v) is 12.5. The summed E-state index contributed by atoms with van der Waals surface area (Å²) in [6, 6.07) is 5.02. The Hall–Kier alpha value is -0.890. The van der Waals surface area contributed by atoms with Crippen molar-refractivity contribution in [2.75, 3.05) is 0 Å². The number of aryl methyl sites for hydroxylation is 1. The Morgan fingerprint density at radius 3 is 2.32 bits per heavy atom. The van der Waals surface area contributed by atoms with Crippen molar-refractivity contribution in [1.29, 1.82) is 0 Å². The lowest BCUT2D eigenvalue weighted by molar-refractivity contribution is -0.0323. The molecule has 0 aliphatic heterocycles. The third kappa shape index (κ3) is 3.00. The molecular formula is C17H25FO. The minimum atomic E-state index is -0.974. The molecule has 1 fully saturated rings. The minimum absolute atomic E-state index is 0.270. The van der Waals surface area contributed by atoms with Crippen LogP contribution in [0, 0.1) is 24.1 Å². The summed E-state index contributed by atoms with van der Waals surface area (Å²) in [7, 11) is 0. The minimum Gasteiger partial charge on any atom is -0.385 e. The Morgan fingerprint density at radius 2 is 1.79 bits per heavy atom. The number of aliphatic hydroxyl groups is 1. The molecule has 2 rings (SSSR count). The molecule has 0 bridgehead atoms. The summed E-state index contributed by atoms with van der Waals surface area (Å²) in [4.78, 5) is 0. The molecule has 1 saturated carbocycles. The van der Waals surface area contributed by atoms with E-state index in [9.17, 15) is 9.50 Å². The van der Waals surface area contributed by atoms with E-state index in [1.807, 2.05) is 6.92 Å². The fourth-order valence-corrected chi connectivity index (χ4v) is 3.23. The molecule has 1 aliphatic rings. The van der Waals surface area contributed by atoms with Crippen molar-refractivity contribution in [2.45, 2.75) is 59.0 Å². The molecule has 0 unspecified atom stereocenters. The molecule has 1 aliphatic carbocycles. The predicted octanol–water partition coefficient (Wildman–Crippen LogP) is 4.56. The summed E-state index contributed by atoms with van der Waals surface area (Å²) in [5.74, 6) is 0.336. The van der Waals surface area contributed by atoms with Crippen LogP contribution in [0.3, 0.4) is 0 Å². The van der Waals surface area contributed by atoms with Crippen molar-refractivity contribution in [3.05, 3.63) is 35.1 Å². The molecular weight excluding hydrogens is 239 g/mol. The molecule has 1 aromatic rings. The fraction of sp³-hybridized carbons (Fsp3) is 0.647. The number of halogens is 1. The van der Waals surface area contributed by atoms with Crippen LogP contribution in [0.2, 0.25) is 0 Å². The first-order valence-corrected chi connectivity index (χ1v) is 7.21. The van der Waals surface area contributed by atoms with E-state index >= 15 is 0 Å². The van der Waals surface area contributed by atoms with Gasteiger partial charge in [-0.15, -0.1) is 0 Å². The highest BCUT2D eigenvalue weighted by atomic mass is 19.1. The molecule has 106 valence electrons.